The number of hydrogen-bond donors (Lipinski definition) is 1. The number of rotatable bonds is 7. The fraction of sp³-hybridized carbons (Fsp3) is 0.636. The Morgan fingerprint density at radius 1 is 1.50 bits per heavy atom. The van der Waals surface area contributed by atoms with Crippen molar-refractivity contribution in [2.75, 3.05) is 19.8 Å². The molecule has 0 amide bonds. The maximum absolute atomic E-state index is 5.52. The van der Waals surface area contributed by atoms with Gasteiger partial charge in [-0.2, -0.15) is 11.3 Å². The summed E-state index contributed by atoms with van der Waals surface area (Å²) in [6, 6.07) is 2.16. The predicted molar refractivity (Wildman–Crippen MR) is 59.6 cm³/mol. The van der Waals surface area contributed by atoms with Gasteiger partial charge in [0.1, 0.15) is 0 Å². The Bertz CT molecular complexity index is 244. The molecule has 2 rings (SSSR count). The molecule has 0 saturated heterocycles. The third kappa shape index (κ3) is 3.78. The Balaban J connectivity index is 1.43. The third-order valence-electron chi connectivity index (χ3n) is 2.38. The molecule has 0 bridgehead atoms. The molecule has 14 heavy (non-hydrogen) atoms. The van der Waals surface area contributed by atoms with Crippen molar-refractivity contribution in [3.05, 3.63) is 22.4 Å². The van der Waals surface area contributed by atoms with Crippen LogP contribution < -0.4 is 5.32 Å². The Morgan fingerprint density at radius 2 is 2.43 bits per heavy atom. The second-order valence-corrected chi connectivity index (χ2v) is 4.61. The van der Waals surface area contributed by atoms with Crippen molar-refractivity contribution in [1.29, 1.82) is 0 Å². The minimum atomic E-state index is 0.848. The lowest BCUT2D eigenvalue weighted by molar-refractivity contribution is 0.126. The Kier molecular flexibility index (Phi) is 3.98. The van der Waals surface area contributed by atoms with Crippen LogP contribution in [0.4, 0.5) is 0 Å². The van der Waals surface area contributed by atoms with Gasteiger partial charge < -0.3 is 10.1 Å². The minimum absolute atomic E-state index is 0.848. The first-order valence-corrected chi connectivity index (χ1v) is 6.19. The maximum Gasteiger partial charge on any atom is 0.0591 e. The average molecular weight is 211 g/mol. The number of hydrogen-bond acceptors (Lipinski definition) is 3. The first kappa shape index (κ1) is 10.1. The zero-order valence-corrected chi connectivity index (χ0v) is 9.19. The first-order valence-electron chi connectivity index (χ1n) is 5.24. The molecule has 1 aliphatic rings. The lowest BCUT2D eigenvalue weighted by atomic mass is 10.3. The van der Waals surface area contributed by atoms with Gasteiger partial charge in [-0.1, -0.05) is 0 Å². The number of ether oxygens (including phenoxy) is 1. The van der Waals surface area contributed by atoms with Gasteiger partial charge in [0, 0.05) is 19.7 Å². The lowest BCUT2D eigenvalue weighted by Gasteiger charge is -2.04. The molecular formula is C11H17NOS. The zero-order valence-electron chi connectivity index (χ0n) is 8.37. The van der Waals surface area contributed by atoms with Gasteiger partial charge in [-0.05, 0) is 41.1 Å². The summed E-state index contributed by atoms with van der Waals surface area (Å²) < 4.78 is 5.52. The highest BCUT2D eigenvalue weighted by Crippen LogP contribution is 2.28. The van der Waals surface area contributed by atoms with Crippen molar-refractivity contribution in [1.82, 2.24) is 5.32 Å². The zero-order chi connectivity index (χ0) is 9.64. The second-order valence-electron chi connectivity index (χ2n) is 3.83. The van der Waals surface area contributed by atoms with E-state index in [1.54, 1.807) is 11.3 Å². The highest BCUT2D eigenvalue weighted by atomic mass is 32.1. The van der Waals surface area contributed by atoms with Crippen LogP contribution in [0.25, 0.3) is 0 Å². The van der Waals surface area contributed by atoms with Crippen LogP contribution in [0.2, 0.25) is 0 Å². The summed E-state index contributed by atoms with van der Waals surface area (Å²) in [5, 5.41) is 7.65. The second kappa shape index (κ2) is 5.49. The van der Waals surface area contributed by atoms with Gasteiger partial charge in [0.05, 0.1) is 6.61 Å². The van der Waals surface area contributed by atoms with E-state index in [4.69, 9.17) is 4.74 Å². The predicted octanol–water partition coefficient (Wildman–Crippen LogP) is 2.26. The van der Waals surface area contributed by atoms with Crippen LogP contribution in [0.3, 0.4) is 0 Å². The number of nitrogens with one attached hydrogen (secondary N) is 1. The summed E-state index contributed by atoms with van der Waals surface area (Å²) in [4.78, 5) is 0. The van der Waals surface area contributed by atoms with Gasteiger partial charge in [-0.25, -0.2) is 0 Å². The summed E-state index contributed by atoms with van der Waals surface area (Å²) in [7, 11) is 0. The van der Waals surface area contributed by atoms with E-state index >= 15 is 0 Å². The van der Waals surface area contributed by atoms with E-state index in [-0.39, 0.29) is 0 Å². The summed E-state index contributed by atoms with van der Waals surface area (Å²) in [5.74, 6) is 0.881. The normalized spacial score (nSPS) is 16.0. The monoisotopic (exact) mass is 211 g/mol. The van der Waals surface area contributed by atoms with Gasteiger partial charge >= 0.3 is 0 Å². The summed E-state index contributed by atoms with van der Waals surface area (Å²) >= 11 is 1.75. The Labute approximate surface area is 89.3 Å². The molecule has 1 N–H and O–H groups in total. The van der Waals surface area contributed by atoms with Crippen LogP contribution in [0.5, 0.6) is 0 Å². The molecule has 2 nitrogen and oxygen atoms in total. The highest BCUT2D eigenvalue weighted by molar-refractivity contribution is 7.07. The van der Waals surface area contributed by atoms with Crippen LogP contribution in [0.1, 0.15) is 18.4 Å². The Hall–Kier alpha value is -0.380. The molecular weight excluding hydrogens is 194 g/mol. The molecule has 0 aromatic carbocycles. The molecule has 1 aromatic rings. The SMILES string of the molecule is c1cc(CNCCOCC2CC2)cs1. The lowest BCUT2D eigenvalue weighted by Crippen LogP contribution is -2.19. The van der Waals surface area contributed by atoms with Crippen LogP contribution >= 0.6 is 11.3 Å². The van der Waals surface area contributed by atoms with Gasteiger partial charge in [0.15, 0.2) is 0 Å². The molecule has 78 valence electrons. The third-order valence-corrected chi connectivity index (χ3v) is 3.11. The van der Waals surface area contributed by atoms with Crippen LogP contribution in [-0.2, 0) is 11.3 Å². The van der Waals surface area contributed by atoms with Crippen LogP contribution in [0, 0.1) is 5.92 Å². The van der Waals surface area contributed by atoms with Crippen molar-refractivity contribution < 1.29 is 4.74 Å². The summed E-state index contributed by atoms with van der Waals surface area (Å²) in [6.07, 6.45) is 2.75. The number of thiophene rings is 1. The molecule has 3 heteroatoms. The molecule has 0 unspecified atom stereocenters. The van der Waals surface area contributed by atoms with E-state index < -0.39 is 0 Å². The summed E-state index contributed by atoms with van der Waals surface area (Å²) in [5.41, 5.74) is 1.37. The van der Waals surface area contributed by atoms with Gasteiger partial charge in [-0.15, -0.1) is 0 Å². The van der Waals surface area contributed by atoms with Crippen molar-refractivity contribution in [2.45, 2.75) is 19.4 Å². The topological polar surface area (TPSA) is 21.3 Å². The molecule has 0 aliphatic heterocycles. The van der Waals surface area contributed by atoms with Crippen molar-refractivity contribution >= 4 is 11.3 Å². The average Bonchev–Trinajstić information content (AvgIpc) is 2.87. The maximum atomic E-state index is 5.52. The molecule has 1 fully saturated rings. The molecule has 1 heterocycles. The van der Waals surface area contributed by atoms with E-state index in [1.165, 1.54) is 18.4 Å². The first-order chi connectivity index (χ1) is 6.95. The molecule has 1 saturated carbocycles. The van der Waals surface area contributed by atoms with E-state index in [0.29, 0.717) is 0 Å². The largest absolute Gasteiger partial charge is 0.380 e. The molecule has 1 aromatic heterocycles. The van der Waals surface area contributed by atoms with E-state index in [1.807, 2.05) is 0 Å². The van der Waals surface area contributed by atoms with Crippen molar-refractivity contribution in [3.63, 3.8) is 0 Å². The van der Waals surface area contributed by atoms with E-state index in [9.17, 15) is 0 Å². The highest BCUT2D eigenvalue weighted by Gasteiger charge is 2.20. The smallest absolute Gasteiger partial charge is 0.0591 e. The Morgan fingerprint density at radius 3 is 3.14 bits per heavy atom. The van der Waals surface area contributed by atoms with E-state index in [0.717, 1.165) is 32.2 Å². The molecule has 0 atom stereocenters. The fourth-order valence-corrected chi connectivity index (χ4v) is 1.97. The quantitative estimate of drug-likeness (QED) is 0.699. The standard InChI is InChI=1S/C11H17NOS/c1-2-10(1)8-13-5-4-12-7-11-3-6-14-9-11/h3,6,9-10,12H,1-2,4-5,7-8H2. The van der Waals surface area contributed by atoms with Gasteiger partial charge in [0.25, 0.3) is 0 Å². The van der Waals surface area contributed by atoms with Gasteiger partial charge in [-0.3, -0.25) is 0 Å². The molecule has 1 aliphatic carbocycles. The van der Waals surface area contributed by atoms with Crippen LogP contribution in [0.15, 0.2) is 16.8 Å². The summed E-state index contributed by atoms with van der Waals surface area (Å²) in [6.45, 7) is 3.75. The van der Waals surface area contributed by atoms with Crippen molar-refractivity contribution in [3.8, 4) is 0 Å². The van der Waals surface area contributed by atoms with Crippen molar-refractivity contribution in [2.24, 2.45) is 5.92 Å². The minimum Gasteiger partial charge on any atom is -0.380 e. The van der Waals surface area contributed by atoms with E-state index in [2.05, 4.69) is 22.1 Å². The van der Waals surface area contributed by atoms with Gasteiger partial charge in [0.2, 0.25) is 0 Å². The molecule has 0 spiro atoms. The van der Waals surface area contributed by atoms with Crippen LogP contribution in [-0.4, -0.2) is 19.8 Å². The fourth-order valence-electron chi connectivity index (χ4n) is 1.30. The molecule has 0 radical (unpaired) electrons.